The maximum Gasteiger partial charge on any atom is 0.365 e. The Balaban J connectivity index is 2.70. The van der Waals surface area contributed by atoms with E-state index in [1.165, 1.54) is 14.1 Å². The normalized spacial score (nSPS) is 31.8. The van der Waals surface area contributed by atoms with Gasteiger partial charge in [-0.1, -0.05) is 11.6 Å². The fourth-order valence-corrected chi connectivity index (χ4v) is 3.04. The summed E-state index contributed by atoms with van der Waals surface area (Å²) in [7, 11) is 2.43. The first-order valence-electron chi connectivity index (χ1n) is 4.86. The zero-order valence-corrected chi connectivity index (χ0v) is 9.83. The summed E-state index contributed by atoms with van der Waals surface area (Å²) in [5.74, 6) is -11.7. The lowest BCUT2D eigenvalue weighted by atomic mass is 10.0. The first-order valence-corrected chi connectivity index (χ1v) is 5.24. The third kappa shape index (κ3) is 1.13. The van der Waals surface area contributed by atoms with Crippen molar-refractivity contribution in [1.82, 2.24) is 9.80 Å². The molecule has 0 N–H and O–H groups in total. The first-order chi connectivity index (χ1) is 7.61. The monoisotopic (exact) mass is 276 g/mol. The molecule has 1 saturated heterocycles. The molecule has 2 rings (SSSR count). The summed E-state index contributed by atoms with van der Waals surface area (Å²) in [6, 6.07) is 0. The zero-order valence-electron chi connectivity index (χ0n) is 9.08. The van der Waals surface area contributed by atoms with Gasteiger partial charge in [-0.2, -0.15) is 17.6 Å². The van der Waals surface area contributed by atoms with Gasteiger partial charge in [-0.15, -0.1) is 0 Å². The topological polar surface area (TPSA) is 6.48 Å². The summed E-state index contributed by atoms with van der Waals surface area (Å²) in [6.07, 6.45) is 0. The lowest BCUT2D eigenvalue weighted by molar-refractivity contribution is -0.250. The Labute approximate surface area is 99.6 Å². The molecule has 0 saturated carbocycles. The van der Waals surface area contributed by atoms with Crippen molar-refractivity contribution in [3.05, 3.63) is 10.9 Å². The smallest absolute Gasteiger partial charge is 0.277 e. The Morgan fingerprint density at radius 3 is 1.76 bits per heavy atom. The van der Waals surface area contributed by atoms with Gasteiger partial charge in [-0.05, 0) is 14.1 Å². The Morgan fingerprint density at radius 1 is 1.06 bits per heavy atom. The Bertz CT molecular complexity index is 385. The highest BCUT2D eigenvalue weighted by molar-refractivity contribution is 6.31. The molecule has 1 spiro atoms. The number of nitrogens with zero attached hydrogens (tertiary/aromatic N) is 2. The second kappa shape index (κ2) is 3.33. The summed E-state index contributed by atoms with van der Waals surface area (Å²) in [5.41, 5.74) is -2.58. The maximum atomic E-state index is 13.9. The Hall–Kier alpha value is -0.400. The van der Waals surface area contributed by atoms with Crippen molar-refractivity contribution >= 4 is 11.6 Å². The highest BCUT2D eigenvalue weighted by atomic mass is 35.5. The lowest BCUT2D eigenvalue weighted by Crippen LogP contribution is -2.65. The van der Waals surface area contributed by atoms with Gasteiger partial charge in [-0.3, -0.25) is 9.80 Å². The molecule has 0 radical (unpaired) electrons. The lowest BCUT2D eigenvalue weighted by Gasteiger charge is -2.42. The predicted octanol–water partition coefficient (Wildman–Crippen LogP) is 2.26. The van der Waals surface area contributed by atoms with Gasteiger partial charge >= 0.3 is 11.8 Å². The minimum Gasteiger partial charge on any atom is -0.277 e. The predicted molar refractivity (Wildman–Crippen MR) is 51.9 cm³/mol. The van der Waals surface area contributed by atoms with Crippen LogP contribution in [0.3, 0.4) is 0 Å². The molecule has 1 aliphatic heterocycles. The van der Waals surface area contributed by atoms with Gasteiger partial charge in [0, 0.05) is 13.1 Å². The largest absolute Gasteiger partial charge is 0.365 e. The van der Waals surface area contributed by atoms with Crippen LogP contribution < -0.4 is 0 Å². The van der Waals surface area contributed by atoms with Crippen molar-refractivity contribution in [2.75, 3.05) is 27.2 Å². The molecular weight excluding hydrogens is 267 g/mol. The number of halogens is 6. The van der Waals surface area contributed by atoms with Crippen LogP contribution in [0.25, 0.3) is 0 Å². The number of likely N-dealkylation sites (N-methyl/N-ethyl adjacent to an activating group) is 2. The SMILES string of the molecule is CN1CCN(C)C12C(Cl)=C(F)C(F)(F)C2(F)F. The molecule has 8 heteroatoms. The molecule has 0 bridgehead atoms. The highest BCUT2D eigenvalue weighted by Gasteiger charge is 2.82. The number of rotatable bonds is 0. The van der Waals surface area contributed by atoms with Crippen LogP contribution in [0, 0.1) is 0 Å². The third-order valence-electron chi connectivity index (χ3n) is 3.48. The molecule has 2 aliphatic rings. The second-order valence-corrected chi connectivity index (χ2v) is 4.67. The minimum atomic E-state index is -4.88. The van der Waals surface area contributed by atoms with Gasteiger partial charge in [0.1, 0.15) is 0 Å². The number of hydrogen-bond donors (Lipinski definition) is 0. The number of hydrogen-bond acceptors (Lipinski definition) is 2. The number of allylic oxidation sites excluding steroid dienone is 1. The van der Waals surface area contributed by atoms with Crippen LogP contribution in [0.4, 0.5) is 22.0 Å². The van der Waals surface area contributed by atoms with Gasteiger partial charge in [-0.25, -0.2) is 4.39 Å². The van der Waals surface area contributed by atoms with E-state index < -0.39 is 28.4 Å². The van der Waals surface area contributed by atoms with Crippen LogP contribution >= 0.6 is 11.6 Å². The van der Waals surface area contributed by atoms with Crippen LogP contribution in [-0.2, 0) is 0 Å². The van der Waals surface area contributed by atoms with Gasteiger partial charge < -0.3 is 0 Å². The van der Waals surface area contributed by atoms with E-state index in [4.69, 9.17) is 11.6 Å². The molecule has 1 fully saturated rings. The van der Waals surface area contributed by atoms with Gasteiger partial charge in [0.25, 0.3) is 0 Å². The molecule has 0 aromatic heterocycles. The Morgan fingerprint density at radius 2 is 1.47 bits per heavy atom. The van der Waals surface area contributed by atoms with E-state index in [2.05, 4.69) is 0 Å². The molecule has 1 heterocycles. The fourth-order valence-electron chi connectivity index (χ4n) is 2.52. The molecule has 98 valence electrons. The number of alkyl halides is 4. The van der Waals surface area contributed by atoms with E-state index in [0.29, 0.717) is 0 Å². The van der Waals surface area contributed by atoms with Crippen LogP contribution in [0.1, 0.15) is 0 Å². The highest BCUT2D eigenvalue weighted by Crippen LogP contribution is 2.61. The van der Waals surface area contributed by atoms with Crippen molar-refractivity contribution in [1.29, 1.82) is 0 Å². The van der Waals surface area contributed by atoms with E-state index >= 15 is 0 Å². The average molecular weight is 277 g/mol. The van der Waals surface area contributed by atoms with E-state index in [1.807, 2.05) is 0 Å². The summed E-state index contributed by atoms with van der Waals surface area (Å²) < 4.78 is 67.6. The second-order valence-electron chi connectivity index (χ2n) is 4.29. The van der Waals surface area contributed by atoms with Gasteiger partial charge in [0.05, 0.1) is 5.03 Å². The van der Waals surface area contributed by atoms with Crippen molar-refractivity contribution in [2.24, 2.45) is 0 Å². The maximum absolute atomic E-state index is 13.9. The van der Waals surface area contributed by atoms with Crippen LogP contribution in [-0.4, -0.2) is 54.5 Å². The molecule has 17 heavy (non-hydrogen) atoms. The van der Waals surface area contributed by atoms with E-state index in [-0.39, 0.29) is 13.1 Å². The van der Waals surface area contributed by atoms with E-state index in [9.17, 15) is 22.0 Å². The van der Waals surface area contributed by atoms with Crippen molar-refractivity contribution in [3.8, 4) is 0 Å². The molecule has 0 amide bonds. The Kier molecular flexibility index (Phi) is 2.55. The van der Waals surface area contributed by atoms with Crippen LogP contribution in [0.2, 0.25) is 0 Å². The first kappa shape index (κ1) is 13.0. The molecule has 1 aliphatic carbocycles. The van der Waals surface area contributed by atoms with Crippen molar-refractivity contribution in [2.45, 2.75) is 17.5 Å². The third-order valence-corrected chi connectivity index (χ3v) is 3.91. The van der Waals surface area contributed by atoms with Crippen LogP contribution in [0.15, 0.2) is 10.9 Å². The van der Waals surface area contributed by atoms with Crippen molar-refractivity contribution < 1.29 is 22.0 Å². The molecule has 0 atom stereocenters. The molecule has 0 aromatic carbocycles. The minimum absolute atomic E-state index is 0.103. The summed E-state index contributed by atoms with van der Waals surface area (Å²) in [6.45, 7) is 0.206. The zero-order chi connectivity index (χ0) is 13.2. The van der Waals surface area contributed by atoms with E-state index in [0.717, 1.165) is 9.80 Å². The van der Waals surface area contributed by atoms with E-state index in [1.54, 1.807) is 0 Å². The fraction of sp³-hybridized carbons (Fsp3) is 0.778. The van der Waals surface area contributed by atoms with Gasteiger partial charge in [0.15, 0.2) is 11.5 Å². The standard InChI is InChI=1S/C9H10ClF5N2/c1-16-3-4-17(2)8(16)5(10)6(11)7(12,13)9(8,14)15/h3-4H2,1-2H3. The average Bonchev–Trinajstić information content (AvgIpc) is 2.57. The summed E-state index contributed by atoms with van der Waals surface area (Å²) in [4.78, 5) is 1.91. The molecule has 2 nitrogen and oxygen atoms in total. The molecule has 0 unspecified atom stereocenters. The molecular formula is C9H10ClF5N2. The summed E-state index contributed by atoms with van der Waals surface area (Å²) >= 11 is 5.45. The van der Waals surface area contributed by atoms with Crippen LogP contribution in [0.5, 0.6) is 0 Å². The quantitative estimate of drug-likeness (QED) is 0.626. The molecule has 0 aromatic rings. The van der Waals surface area contributed by atoms with Gasteiger partial charge in [0.2, 0.25) is 0 Å². The van der Waals surface area contributed by atoms with Crippen molar-refractivity contribution in [3.63, 3.8) is 0 Å². The summed E-state index contributed by atoms with van der Waals surface area (Å²) in [5, 5.41) is -1.13.